The summed E-state index contributed by atoms with van der Waals surface area (Å²) in [6.45, 7) is 1.51. The Hall–Kier alpha value is 0.250. The Labute approximate surface area is 58.0 Å². The van der Waals surface area contributed by atoms with Crippen LogP contribution in [0.15, 0.2) is 0 Å². The van der Waals surface area contributed by atoms with Gasteiger partial charge in [0, 0.05) is 0 Å². The fourth-order valence-corrected chi connectivity index (χ4v) is 1.27. The zero-order valence-corrected chi connectivity index (χ0v) is 5.96. The molecule has 0 saturated heterocycles. The van der Waals surface area contributed by atoms with E-state index in [1.807, 2.05) is 0 Å². The summed E-state index contributed by atoms with van der Waals surface area (Å²) in [7, 11) is 0. The van der Waals surface area contributed by atoms with Gasteiger partial charge in [-0.25, -0.2) is 0 Å². The lowest BCUT2D eigenvalue weighted by atomic mass is 10.3. The number of hydrogen-bond acceptors (Lipinski definition) is 1. The van der Waals surface area contributed by atoms with E-state index in [4.69, 9.17) is 23.2 Å². The van der Waals surface area contributed by atoms with Crippen molar-refractivity contribution in [3.63, 3.8) is 0 Å². The maximum atomic E-state index is 10.5. The van der Waals surface area contributed by atoms with Crippen molar-refractivity contribution in [3.05, 3.63) is 0 Å². The molecule has 1 aliphatic carbocycles. The maximum Gasteiger partial charge on any atom is 0.136 e. The van der Waals surface area contributed by atoms with Crippen molar-refractivity contribution in [2.75, 3.05) is 0 Å². The van der Waals surface area contributed by atoms with Crippen LogP contribution in [0.3, 0.4) is 0 Å². The number of halogens is 2. The second kappa shape index (κ2) is 1.61. The first-order valence-electron chi connectivity index (χ1n) is 2.42. The lowest BCUT2D eigenvalue weighted by Gasteiger charge is -1.90. The smallest absolute Gasteiger partial charge is 0.136 e. The molecule has 0 unspecified atom stereocenters. The molecule has 0 N–H and O–H groups in total. The van der Waals surface area contributed by atoms with Crippen LogP contribution in [0, 0.1) is 5.92 Å². The molecule has 0 aromatic carbocycles. The van der Waals surface area contributed by atoms with Crippen LogP contribution in [-0.2, 0) is 4.79 Å². The van der Waals surface area contributed by atoms with Crippen molar-refractivity contribution in [2.45, 2.75) is 17.7 Å². The number of Topliss-reactive ketones (excluding diaryl/α,β-unsaturated/α-hetero) is 1. The van der Waals surface area contributed by atoms with Gasteiger partial charge in [-0.3, -0.25) is 4.79 Å². The number of carbonyl (C=O) groups excluding carboxylic acids is 1. The molecule has 0 aromatic rings. The minimum atomic E-state index is -0.716. The van der Waals surface area contributed by atoms with E-state index in [0.717, 1.165) is 0 Å². The Morgan fingerprint density at radius 3 is 2.12 bits per heavy atom. The molecule has 1 rings (SSSR count). The van der Waals surface area contributed by atoms with Crippen molar-refractivity contribution in [3.8, 4) is 0 Å². The predicted molar refractivity (Wildman–Crippen MR) is 33.2 cm³/mol. The van der Waals surface area contributed by atoms with E-state index in [-0.39, 0.29) is 11.7 Å². The second-order valence-corrected chi connectivity index (χ2v) is 3.67. The minimum absolute atomic E-state index is 0.0918. The summed E-state index contributed by atoms with van der Waals surface area (Å²) < 4.78 is -0.716. The summed E-state index contributed by atoms with van der Waals surface area (Å²) in [6.07, 6.45) is 0.630. The van der Waals surface area contributed by atoms with Gasteiger partial charge in [0.05, 0.1) is 5.92 Å². The molecule has 0 heterocycles. The maximum absolute atomic E-state index is 10.5. The van der Waals surface area contributed by atoms with Gasteiger partial charge >= 0.3 is 0 Å². The molecule has 0 aliphatic heterocycles. The van der Waals surface area contributed by atoms with Gasteiger partial charge in [-0.05, 0) is 13.3 Å². The first kappa shape index (κ1) is 6.37. The third-order valence-corrected chi connectivity index (χ3v) is 2.15. The van der Waals surface area contributed by atoms with Crippen LogP contribution in [0.25, 0.3) is 0 Å². The van der Waals surface area contributed by atoms with Crippen LogP contribution < -0.4 is 0 Å². The molecule has 1 nitrogen and oxygen atoms in total. The Morgan fingerprint density at radius 2 is 2.12 bits per heavy atom. The summed E-state index contributed by atoms with van der Waals surface area (Å²) in [5.41, 5.74) is 0. The van der Waals surface area contributed by atoms with E-state index in [0.29, 0.717) is 6.42 Å². The molecule has 0 aromatic heterocycles. The second-order valence-electron chi connectivity index (χ2n) is 2.13. The first-order valence-corrected chi connectivity index (χ1v) is 3.18. The number of carbonyl (C=O) groups is 1. The quantitative estimate of drug-likeness (QED) is 0.524. The van der Waals surface area contributed by atoms with Gasteiger partial charge in [-0.2, -0.15) is 0 Å². The summed E-state index contributed by atoms with van der Waals surface area (Å²) in [6, 6.07) is 0. The van der Waals surface area contributed by atoms with Gasteiger partial charge in [0.15, 0.2) is 0 Å². The standard InChI is InChI=1S/C5H6Cl2O/c1-3(8)4-2-5(4,6)7/h4H,2H2,1H3/t4-/m0/s1. The minimum Gasteiger partial charge on any atom is -0.300 e. The number of rotatable bonds is 1. The molecule has 1 aliphatic rings. The molecule has 0 radical (unpaired) electrons. The number of alkyl halides is 2. The van der Waals surface area contributed by atoms with E-state index in [2.05, 4.69) is 0 Å². The summed E-state index contributed by atoms with van der Waals surface area (Å²) in [5, 5.41) is 0. The molecular weight excluding hydrogens is 147 g/mol. The normalized spacial score (nSPS) is 32.1. The van der Waals surface area contributed by atoms with E-state index in [9.17, 15) is 4.79 Å². The molecule has 1 fully saturated rings. The zero-order valence-electron chi connectivity index (χ0n) is 4.45. The fourth-order valence-electron chi connectivity index (χ4n) is 0.654. The largest absolute Gasteiger partial charge is 0.300 e. The first-order chi connectivity index (χ1) is 3.54. The average Bonchev–Trinajstić information content (AvgIpc) is 2.13. The van der Waals surface area contributed by atoms with E-state index < -0.39 is 4.33 Å². The average molecular weight is 153 g/mol. The Morgan fingerprint density at radius 1 is 1.75 bits per heavy atom. The highest BCUT2D eigenvalue weighted by Gasteiger charge is 2.54. The van der Waals surface area contributed by atoms with Crippen molar-refractivity contribution in [2.24, 2.45) is 5.92 Å². The third kappa shape index (κ3) is 0.981. The zero-order chi connectivity index (χ0) is 6.36. The van der Waals surface area contributed by atoms with Gasteiger partial charge in [0.2, 0.25) is 0 Å². The van der Waals surface area contributed by atoms with Crippen molar-refractivity contribution < 1.29 is 4.79 Å². The lowest BCUT2D eigenvalue weighted by Crippen LogP contribution is -1.99. The monoisotopic (exact) mass is 152 g/mol. The molecule has 46 valence electrons. The molecule has 0 bridgehead atoms. The lowest BCUT2D eigenvalue weighted by molar-refractivity contribution is -0.118. The van der Waals surface area contributed by atoms with Crippen LogP contribution >= 0.6 is 23.2 Å². The highest BCUT2D eigenvalue weighted by Crippen LogP contribution is 2.53. The number of hydrogen-bond donors (Lipinski definition) is 0. The molecule has 0 amide bonds. The molecule has 1 saturated carbocycles. The van der Waals surface area contributed by atoms with Crippen LogP contribution in [0.1, 0.15) is 13.3 Å². The molecule has 8 heavy (non-hydrogen) atoms. The van der Waals surface area contributed by atoms with Gasteiger partial charge < -0.3 is 0 Å². The van der Waals surface area contributed by atoms with Crippen molar-refractivity contribution >= 4 is 29.0 Å². The Bertz CT molecular complexity index is 130. The van der Waals surface area contributed by atoms with Crippen molar-refractivity contribution in [1.82, 2.24) is 0 Å². The van der Waals surface area contributed by atoms with Crippen LogP contribution in [-0.4, -0.2) is 10.1 Å². The highest BCUT2D eigenvalue weighted by atomic mass is 35.5. The SMILES string of the molecule is CC(=O)[C@@H]1CC1(Cl)Cl. The van der Waals surface area contributed by atoms with E-state index in [1.54, 1.807) is 0 Å². The Balaban J connectivity index is 2.48. The topological polar surface area (TPSA) is 17.1 Å². The van der Waals surface area contributed by atoms with Gasteiger partial charge in [0.25, 0.3) is 0 Å². The number of ketones is 1. The van der Waals surface area contributed by atoms with E-state index >= 15 is 0 Å². The fraction of sp³-hybridized carbons (Fsp3) is 0.800. The van der Waals surface area contributed by atoms with Gasteiger partial charge in [-0.1, -0.05) is 0 Å². The molecule has 1 atom stereocenters. The Kier molecular flexibility index (Phi) is 1.28. The van der Waals surface area contributed by atoms with Crippen LogP contribution in [0.4, 0.5) is 0 Å². The summed E-state index contributed by atoms with van der Waals surface area (Å²) in [4.78, 5) is 10.5. The van der Waals surface area contributed by atoms with Gasteiger partial charge in [-0.15, -0.1) is 23.2 Å². The predicted octanol–water partition coefficient (Wildman–Crippen LogP) is 1.77. The van der Waals surface area contributed by atoms with Gasteiger partial charge in [0.1, 0.15) is 10.1 Å². The van der Waals surface area contributed by atoms with Crippen LogP contribution in [0.2, 0.25) is 0 Å². The molecule has 0 spiro atoms. The van der Waals surface area contributed by atoms with Crippen molar-refractivity contribution in [1.29, 1.82) is 0 Å². The highest BCUT2D eigenvalue weighted by molar-refractivity contribution is 6.52. The molecular formula is C5H6Cl2O. The summed E-state index contributed by atoms with van der Waals surface area (Å²) in [5.74, 6) is 0.000772. The van der Waals surface area contributed by atoms with Crippen LogP contribution in [0.5, 0.6) is 0 Å². The summed E-state index contributed by atoms with van der Waals surface area (Å²) >= 11 is 11.1. The van der Waals surface area contributed by atoms with E-state index in [1.165, 1.54) is 6.92 Å². The third-order valence-electron chi connectivity index (χ3n) is 1.32. The molecule has 3 heteroatoms.